The summed E-state index contributed by atoms with van der Waals surface area (Å²) in [5, 5.41) is 2.69. The number of thioether (sulfide) groups is 1. The fourth-order valence-corrected chi connectivity index (χ4v) is 3.88. The largest absolute Gasteiger partial charge is 0.494 e. The summed E-state index contributed by atoms with van der Waals surface area (Å²) >= 11 is 1.38. The number of benzene rings is 2. The standard InChI is InChI=1S/C18H21NO4S2/c1-3-23-14-9-11-15(12-10-14)24-13-18(20)19-16-7-5-6-8-17(16)25(21,22)4-2/h5-12H,3-4,13H2,1-2H3,(H,19,20). The van der Waals surface area contributed by atoms with E-state index in [0.29, 0.717) is 12.3 Å². The fourth-order valence-electron chi connectivity index (χ4n) is 2.13. The average molecular weight is 380 g/mol. The smallest absolute Gasteiger partial charge is 0.234 e. The highest BCUT2D eigenvalue weighted by Crippen LogP contribution is 2.24. The van der Waals surface area contributed by atoms with E-state index in [1.54, 1.807) is 25.1 Å². The van der Waals surface area contributed by atoms with E-state index in [4.69, 9.17) is 4.74 Å². The van der Waals surface area contributed by atoms with Gasteiger partial charge in [-0.25, -0.2) is 8.42 Å². The summed E-state index contributed by atoms with van der Waals surface area (Å²) < 4.78 is 29.6. The summed E-state index contributed by atoms with van der Waals surface area (Å²) in [4.78, 5) is 13.3. The van der Waals surface area contributed by atoms with E-state index in [9.17, 15) is 13.2 Å². The van der Waals surface area contributed by atoms with Gasteiger partial charge in [-0.2, -0.15) is 0 Å². The molecule has 0 saturated carbocycles. The number of nitrogens with one attached hydrogen (secondary N) is 1. The highest BCUT2D eigenvalue weighted by atomic mass is 32.2. The van der Waals surface area contributed by atoms with E-state index in [1.807, 2.05) is 31.2 Å². The van der Waals surface area contributed by atoms with Crippen LogP contribution >= 0.6 is 11.8 Å². The second-order valence-electron chi connectivity index (χ2n) is 5.14. The molecule has 2 aromatic rings. The van der Waals surface area contributed by atoms with Gasteiger partial charge in [0.15, 0.2) is 9.84 Å². The summed E-state index contributed by atoms with van der Waals surface area (Å²) in [6, 6.07) is 13.9. The quantitative estimate of drug-likeness (QED) is 0.710. The molecule has 0 saturated heterocycles. The third-order valence-corrected chi connectivity index (χ3v) is 6.18. The van der Waals surface area contributed by atoms with Gasteiger partial charge < -0.3 is 10.1 Å². The van der Waals surface area contributed by atoms with Crippen LogP contribution in [0.2, 0.25) is 0 Å². The molecule has 1 amide bonds. The minimum atomic E-state index is -3.39. The maximum atomic E-state index is 12.2. The zero-order valence-electron chi connectivity index (χ0n) is 14.2. The third kappa shape index (κ3) is 5.51. The maximum Gasteiger partial charge on any atom is 0.234 e. The molecule has 0 unspecified atom stereocenters. The molecule has 1 N–H and O–H groups in total. The molecule has 25 heavy (non-hydrogen) atoms. The van der Waals surface area contributed by atoms with E-state index in [2.05, 4.69) is 5.32 Å². The van der Waals surface area contributed by atoms with Crippen LogP contribution < -0.4 is 10.1 Å². The molecular formula is C18H21NO4S2. The molecule has 134 valence electrons. The lowest BCUT2D eigenvalue weighted by molar-refractivity contribution is -0.113. The fraction of sp³-hybridized carbons (Fsp3) is 0.278. The number of anilines is 1. The molecule has 2 rings (SSSR count). The van der Waals surface area contributed by atoms with Crippen molar-refractivity contribution in [1.82, 2.24) is 0 Å². The molecule has 0 aliphatic heterocycles. The van der Waals surface area contributed by atoms with E-state index in [0.717, 1.165) is 10.6 Å². The van der Waals surface area contributed by atoms with Crippen molar-refractivity contribution in [2.45, 2.75) is 23.6 Å². The van der Waals surface area contributed by atoms with Crippen LogP contribution in [0.3, 0.4) is 0 Å². The molecule has 0 radical (unpaired) electrons. The van der Waals surface area contributed by atoms with Gasteiger partial charge in [-0.1, -0.05) is 19.1 Å². The summed E-state index contributed by atoms with van der Waals surface area (Å²) in [6.45, 7) is 4.11. The molecule has 0 bridgehead atoms. The Bertz CT molecular complexity index is 817. The van der Waals surface area contributed by atoms with Gasteiger partial charge in [-0.3, -0.25) is 4.79 Å². The van der Waals surface area contributed by atoms with Gasteiger partial charge in [0.25, 0.3) is 0 Å². The van der Waals surface area contributed by atoms with E-state index in [-0.39, 0.29) is 22.3 Å². The van der Waals surface area contributed by atoms with Crippen LogP contribution in [-0.2, 0) is 14.6 Å². The summed E-state index contributed by atoms with van der Waals surface area (Å²) in [5.41, 5.74) is 0.321. The van der Waals surface area contributed by atoms with E-state index >= 15 is 0 Å². The van der Waals surface area contributed by atoms with Crippen LogP contribution in [0.1, 0.15) is 13.8 Å². The Morgan fingerprint density at radius 2 is 1.76 bits per heavy atom. The van der Waals surface area contributed by atoms with Crippen molar-refractivity contribution < 1.29 is 17.9 Å². The molecule has 0 heterocycles. The van der Waals surface area contributed by atoms with Gasteiger partial charge in [0, 0.05) is 4.90 Å². The molecule has 0 fully saturated rings. The summed E-state index contributed by atoms with van der Waals surface area (Å²) in [7, 11) is -3.39. The molecule has 2 aromatic carbocycles. The van der Waals surface area contributed by atoms with Crippen molar-refractivity contribution in [3.8, 4) is 5.75 Å². The van der Waals surface area contributed by atoms with Gasteiger partial charge >= 0.3 is 0 Å². The lowest BCUT2D eigenvalue weighted by Gasteiger charge is -2.11. The van der Waals surface area contributed by atoms with Crippen LogP contribution in [0.4, 0.5) is 5.69 Å². The first kappa shape index (κ1) is 19.3. The lowest BCUT2D eigenvalue weighted by Crippen LogP contribution is -2.17. The van der Waals surface area contributed by atoms with E-state index in [1.165, 1.54) is 17.8 Å². The number of para-hydroxylation sites is 1. The van der Waals surface area contributed by atoms with Crippen LogP contribution in [0, 0.1) is 0 Å². The first-order chi connectivity index (χ1) is 12.0. The topological polar surface area (TPSA) is 72.5 Å². The second kappa shape index (κ2) is 8.92. The van der Waals surface area contributed by atoms with Crippen LogP contribution in [0.25, 0.3) is 0 Å². The number of carbonyl (C=O) groups is 1. The van der Waals surface area contributed by atoms with Crippen LogP contribution in [-0.4, -0.2) is 32.4 Å². The Hall–Kier alpha value is -1.99. The number of rotatable bonds is 8. The second-order valence-corrected chi connectivity index (χ2v) is 8.44. The molecule has 0 spiro atoms. The van der Waals surface area contributed by atoms with Gasteiger partial charge in [-0.05, 0) is 43.3 Å². The first-order valence-electron chi connectivity index (χ1n) is 7.93. The lowest BCUT2D eigenvalue weighted by atomic mass is 10.3. The molecule has 0 atom stereocenters. The summed E-state index contributed by atoms with van der Waals surface area (Å²) in [6.07, 6.45) is 0. The first-order valence-corrected chi connectivity index (χ1v) is 10.6. The number of carbonyl (C=O) groups excluding carboxylic acids is 1. The van der Waals surface area contributed by atoms with Gasteiger partial charge in [0.1, 0.15) is 5.75 Å². The normalized spacial score (nSPS) is 11.1. The third-order valence-electron chi connectivity index (χ3n) is 3.38. The zero-order valence-corrected chi connectivity index (χ0v) is 15.8. The van der Waals surface area contributed by atoms with Crippen molar-refractivity contribution >= 4 is 33.2 Å². The van der Waals surface area contributed by atoms with Crippen molar-refractivity contribution in [1.29, 1.82) is 0 Å². The van der Waals surface area contributed by atoms with Gasteiger partial charge in [0.05, 0.1) is 28.7 Å². The Kier molecular flexibility index (Phi) is 6.90. The number of ether oxygens (including phenoxy) is 1. The molecular weight excluding hydrogens is 358 g/mol. The minimum absolute atomic E-state index is 0.0131. The average Bonchev–Trinajstić information content (AvgIpc) is 2.62. The van der Waals surface area contributed by atoms with Crippen LogP contribution in [0.5, 0.6) is 5.75 Å². The maximum absolute atomic E-state index is 12.2. The zero-order chi connectivity index (χ0) is 18.3. The summed E-state index contributed by atoms with van der Waals surface area (Å²) in [5.74, 6) is 0.711. The van der Waals surface area contributed by atoms with Crippen molar-refractivity contribution in [2.75, 3.05) is 23.4 Å². The number of hydrogen-bond acceptors (Lipinski definition) is 5. The molecule has 0 aromatic heterocycles. The number of hydrogen-bond donors (Lipinski definition) is 1. The Balaban J connectivity index is 1.99. The monoisotopic (exact) mass is 379 g/mol. The number of amides is 1. The highest BCUT2D eigenvalue weighted by molar-refractivity contribution is 8.00. The Morgan fingerprint density at radius 1 is 1.08 bits per heavy atom. The van der Waals surface area contributed by atoms with E-state index < -0.39 is 9.84 Å². The minimum Gasteiger partial charge on any atom is -0.494 e. The van der Waals surface area contributed by atoms with Gasteiger partial charge in [0.2, 0.25) is 5.91 Å². The SMILES string of the molecule is CCOc1ccc(SCC(=O)Nc2ccccc2S(=O)(=O)CC)cc1. The molecule has 7 heteroatoms. The van der Waals surface area contributed by atoms with Crippen LogP contribution in [0.15, 0.2) is 58.3 Å². The molecule has 0 aliphatic rings. The highest BCUT2D eigenvalue weighted by Gasteiger charge is 2.17. The van der Waals surface area contributed by atoms with Crippen molar-refractivity contribution in [3.05, 3.63) is 48.5 Å². The Labute approximate surface area is 152 Å². The predicted molar refractivity (Wildman–Crippen MR) is 101 cm³/mol. The Morgan fingerprint density at radius 3 is 2.40 bits per heavy atom. The van der Waals surface area contributed by atoms with Gasteiger partial charge in [-0.15, -0.1) is 11.8 Å². The molecule has 5 nitrogen and oxygen atoms in total. The van der Waals surface area contributed by atoms with Crippen molar-refractivity contribution in [2.24, 2.45) is 0 Å². The molecule has 0 aliphatic carbocycles. The number of sulfone groups is 1. The predicted octanol–water partition coefficient (Wildman–Crippen LogP) is 3.61. The van der Waals surface area contributed by atoms with Crippen molar-refractivity contribution in [3.63, 3.8) is 0 Å².